The normalized spacial score (nSPS) is 19.0. The molecule has 2 atom stereocenters. The lowest BCUT2D eigenvalue weighted by Crippen LogP contribution is -2.38. The van der Waals surface area contributed by atoms with Gasteiger partial charge in [-0.15, -0.1) is 0 Å². The fourth-order valence-corrected chi connectivity index (χ4v) is 5.50. The Morgan fingerprint density at radius 3 is 2.41 bits per heavy atom. The molecule has 2 N–H and O–H groups in total. The molecule has 0 unspecified atom stereocenters. The Kier molecular flexibility index (Phi) is 6.85. The molecule has 0 radical (unpaired) electrons. The molecular formula is C30H27ClN2O4. The van der Waals surface area contributed by atoms with Gasteiger partial charge in [-0.25, -0.2) is 0 Å². The van der Waals surface area contributed by atoms with Gasteiger partial charge in [-0.2, -0.15) is 0 Å². The zero-order valence-corrected chi connectivity index (χ0v) is 21.2. The number of carboxylic acids is 1. The van der Waals surface area contributed by atoms with E-state index in [-0.39, 0.29) is 30.4 Å². The van der Waals surface area contributed by atoms with Crippen molar-refractivity contribution in [1.29, 1.82) is 0 Å². The molecule has 1 heterocycles. The zero-order chi connectivity index (χ0) is 26.1. The van der Waals surface area contributed by atoms with Crippen molar-refractivity contribution in [3.63, 3.8) is 0 Å². The molecule has 5 rings (SSSR count). The van der Waals surface area contributed by atoms with Crippen LogP contribution >= 0.6 is 11.6 Å². The first-order chi connectivity index (χ1) is 17.8. The molecule has 1 aliphatic carbocycles. The average Bonchev–Trinajstić information content (AvgIpc) is 3.02. The van der Waals surface area contributed by atoms with Crippen LogP contribution in [0.1, 0.15) is 54.3 Å². The highest BCUT2D eigenvalue weighted by Gasteiger charge is 2.42. The van der Waals surface area contributed by atoms with Crippen molar-refractivity contribution in [3.8, 4) is 0 Å². The van der Waals surface area contributed by atoms with E-state index in [1.807, 2.05) is 43.3 Å². The second-order valence-corrected chi connectivity index (χ2v) is 9.96. The molecule has 1 amide bonds. The van der Waals surface area contributed by atoms with E-state index < -0.39 is 12.0 Å². The van der Waals surface area contributed by atoms with Crippen molar-refractivity contribution < 1.29 is 19.5 Å². The van der Waals surface area contributed by atoms with Crippen LogP contribution < -0.4 is 10.2 Å². The van der Waals surface area contributed by atoms with Crippen LogP contribution in [0.2, 0.25) is 5.02 Å². The van der Waals surface area contributed by atoms with Crippen LogP contribution in [-0.4, -0.2) is 22.8 Å². The number of aryl methyl sites for hydroxylation is 1. The predicted molar refractivity (Wildman–Crippen MR) is 144 cm³/mol. The third-order valence-electron chi connectivity index (χ3n) is 7.06. The molecule has 2 aliphatic rings. The number of halogens is 1. The number of hydrogen-bond donors (Lipinski definition) is 2. The van der Waals surface area contributed by atoms with Gasteiger partial charge in [-0.3, -0.25) is 19.3 Å². The number of anilines is 2. The Hall–Kier alpha value is -3.90. The van der Waals surface area contributed by atoms with Gasteiger partial charge in [0.05, 0.1) is 23.8 Å². The number of para-hydroxylation sites is 2. The summed E-state index contributed by atoms with van der Waals surface area (Å²) in [5.41, 5.74) is 5.39. The lowest BCUT2D eigenvalue weighted by atomic mass is 9.78. The summed E-state index contributed by atoms with van der Waals surface area (Å²) in [6.45, 7) is 2.03. The van der Waals surface area contributed by atoms with E-state index in [2.05, 4.69) is 29.6 Å². The fraction of sp³-hybridized carbons (Fsp3) is 0.233. The van der Waals surface area contributed by atoms with Crippen molar-refractivity contribution >= 4 is 40.6 Å². The summed E-state index contributed by atoms with van der Waals surface area (Å²) in [7, 11) is 0. The van der Waals surface area contributed by atoms with Crippen LogP contribution in [0.15, 0.2) is 84.1 Å². The standard InChI is InChI=1S/C30H27ClN2O4/c1-18-10-12-19(13-11-18)20-16-24-29(26(34)17-20)30(21-6-2-3-7-22(21)31)33(27(35)14-15-28(36)37)25-9-5-4-8-23(25)32-24/h2-13,20,30,32H,14-17H2,1H3,(H,36,37)/t20-,30-/m0/s1. The van der Waals surface area contributed by atoms with Crippen LogP contribution in [0.4, 0.5) is 11.4 Å². The van der Waals surface area contributed by atoms with E-state index in [0.717, 1.165) is 16.8 Å². The molecule has 6 nitrogen and oxygen atoms in total. The maximum atomic E-state index is 13.9. The smallest absolute Gasteiger partial charge is 0.303 e. The zero-order valence-electron chi connectivity index (χ0n) is 20.4. The lowest BCUT2D eigenvalue weighted by molar-refractivity contribution is -0.138. The van der Waals surface area contributed by atoms with Gasteiger partial charge in [-0.1, -0.05) is 71.8 Å². The van der Waals surface area contributed by atoms with Gasteiger partial charge in [0.2, 0.25) is 5.91 Å². The molecule has 37 heavy (non-hydrogen) atoms. The van der Waals surface area contributed by atoms with Gasteiger partial charge in [-0.05, 0) is 48.6 Å². The maximum Gasteiger partial charge on any atom is 0.303 e. The number of allylic oxidation sites excluding steroid dienone is 1. The summed E-state index contributed by atoms with van der Waals surface area (Å²) in [6, 6.07) is 22.0. The van der Waals surface area contributed by atoms with E-state index in [4.69, 9.17) is 11.6 Å². The third-order valence-corrected chi connectivity index (χ3v) is 7.40. The number of nitrogens with one attached hydrogen (secondary N) is 1. The van der Waals surface area contributed by atoms with Crippen LogP contribution in [0.25, 0.3) is 0 Å². The van der Waals surface area contributed by atoms with E-state index in [0.29, 0.717) is 40.4 Å². The summed E-state index contributed by atoms with van der Waals surface area (Å²) < 4.78 is 0. The SMILES string of the molecule is Cc1ccc([C@@H]2CC(=O)C3=C(C2)Nc2ccccc2N(C(=O)CCC(=O)O)[C@H]3c2ccccc2Cl)cc1. The van der Waals surface area contributed by atoms with Crippen LogP contribution in [0.3, 0.4) is 0 Å². The maximum absolute atomic E-state index is 13.9. The number of amides is 1. The second-order valence-electron chi connectivity index (χ2n) is 9.55. The second kappa shape index (κ2) is 10.2. The molecule has 1 aliphatic heterocycles. The number of carboxylic acid groups (broad SMARTS) is 1. The Balaban J connectivity index is 1.69. The van der Waals surface area contributed by atoms with Gasteiger partial charge >= 0.3 is 5.97 Å². The summed E-state index contributed by atoms with van der Waals surface area (Å²) in [4.78, 5) is 40.5. The average molecular weight is 515 g/mol. The topological polar surface area (TPSA) is 86.7 Å². The number of aliphatic carboxylic acids is 1. The number of rotatable bonds is 5. The molecule has 7 heteroatoms. The molecule has 3 aromatic carbocycles. The van der Waals surface area contributed by atoms with Gasteiger partial charge in [0.1, 0.15) is 0 Å². The molecule has 0 saturated heterocycles. The minimum absolute atomic E-state index is 0.00679. The molecule has 3 aromatic rings. The van der Waals surface area contributed by atoms with E-state index in [9.17, 15) is 19.5 Å². The fourth-order valence-electron chi connectivity index (χ4n) is 5.27. The van der Waals surface area contributed by atoms with Crippen LogP contribution in [-0.2, 0) is 14.4 Å². The molecule has 0 spiro atoms. The monoisotopic (exact) mass is 514 g/mol. The van der Waals surface area contributed by atoms with Crippen molar-refractivity contribution in [2.75, 3.05) is 10.2 Å². The van der Waals surface area contributed by atoms with Gasteiger partial charge in [0.25, 0.3) is 0 Å². The Bertz CT molecular complexity index is 1410. The number of benzene rings is 3. The highest BCUT2D eigenvalue weighted by molar-refractivity contribution is 6.31. The Labute approximate surface area is 220 Å². The first kappa shape index (κ1) is 24.8. The minimum atomic E-state index is -1.06. The Morgan fingerprint density at radius 2 is 1.68 bits per heavy atom. The molecular weight excluding hydrogens is 488 g/mol. The van der Waals surface area contributed by atoms with Crippen molar-refractivity contribution in [3.05, 3.63) is 106 Å². The first-order valence-electron chi connectivity index (χ1n) is 12.3. The number of nitrogens with zero attached hydrogens (tertiary/aromatic N) is 1. The number of hydrogen-bond acceptors (Lipinski definition) is 4. The van der Waals surface area contributed by atoms with E-state index >= 15 is 0 Å². The third kappa shape index (κ3) is 4.89. The molecule has 0 saturated carbocycles. The minimum Gasteiger partial charge on any atom is -0.481 e. The largest absolute Gasteiger partial charge is 0.481 e. The van der Waals surface area contributed by atoms with Crippen molar-refractivity contribution in [2.45, 2.75) is 44.6 Å². The highest BCUT2D eigenvalue weighted by Crippen LogP contribution is 2.48. The Morgan fingerprint density at radius 1 is 0.973 bits per heavy atom. The van der Waals surface area contributed by atoms with Crippen molar-refractivity contribution in [1.82, 2.24) is 0 Å². The number of Topliss-reactive ketones (excluding diaryl/α,β-unsaturated/α-hetero) is 1. The lowest BCUT2D eigenvalue weighted by Gasteiger charge is -2.35. The van der Waals surface area contributed by atoms with Crippen LogP contribution in [0, 0.1) is 6.92 Å². The highest BCUT2D eigenvalue weighted by atomic mass is 35.5. The summed E-state index contributed by atoms with van der Waals surface area (Å²) in [5, 5.41) is 13.2. The summed E-state index contributed by atoms with van der Waals surface area (Å²) >= 11 is 6.67. The first-order valence-corrected chi connectivity index (χ1v) is 12.7. The summed E-state index contributed by atoms with van der Waals surface area (Å²) in [6.07, 6.45) is 0.386. The molecule has 0 fully saturated rings. The number of carbonyl (C=O) groups is 3. The van der Waals surface area contributed by atoms with Crippen LogP contribution in [0.5, 0.6) is 0 Å². The molecule has 0 bridgehead atoms. The summed E-state index contributed by atoms with van der Waals surface area (Å²) in [5.74, 6) is -1.51. The van der Waals surface area contributed by atoms with Crippen molar-refractivity contribution in [2.24, 2.45) is 0 Å². The quantitative estimate of drug-likeness (QED) is 0.410. The van der Waals surface area contributed by atoms with Gasteiger partial charge in [0.15, 0.2) is 5.78 Å². The van der Waals surface area contributed by atoms with Gasteiger partial charge in [0, 0.05) is 29.1 Å². The number of ketones is 1. The number of fused-ring (bicyclic) bond motifs is 1. The molecule has 0 aromatic heterocycles. The van der Waals surface area contributed by atoms with E-state index in [1.165, 1.54) is 0 Å². The molecule has 188 valence electrons. The number of carbonyl (C=O) groups excluding carboxylic acids is 2. The van der Waals surface area contributed by atoms with Gasteiger partial charge < -0.3 is 10.4 Å². The predicted octanol–water partition coefficient (Wildman–Crippen LogP) is 6.41. The van der Waals surface area contributed by atoms with E-state index in [1.54, 1.807) is 17.0 Å².